The molecule has 0 saturated carbocycles. The summed E-state index contributed by atoms with van der Waals surface area (Å²) in [5.74, 6) is 1.02. The number of benzene rings is 2. The first kappa shape index (κ1) is 20.2. The van der Waals surface area contributed by atoms with Crippen molar-refractivity contribution in [1.82, 2.24) is 5.32 Å². The van der Waals surface area contributed by atoms with E-state index in [0.29, 0.717) is 6.54 Å². The molecule has 1 heterocycles. The highest BCUT2D eigenvalue weighted by Gasteiger charge is 2.23. The molecule has 0 spiro atoms. The number of ether oxygens (including phenoxy) is 1. The number of quaternary nitrogens is 1. The van der Waals surface area contributed by atoms with Crippen LogP contribution in [0.3, 0.4) is 0 Å². The van der Waals surface area contributed by atoms with Gasteiger partial charge in [-0.25, -0.2) is 0 Å². The maximum Gasteiger partial charge on any atom is 0.275 e. The summed E-state index contributed by atoms with van der Waals surface area (Å²) >= 11 is 0. The van der Waals surface area contributed by atoms with Crippen LogP contribution in [0.5, 0.6) is 5.75 Å². The van der Waals surface area contributed by atoms with E-state index in [2.05, 4.69) is 60.5 Å². The predicted octanol–water partition coefficient (Wildman–Crippen LogP) is 1.98. The van der Waals surface area contributed by atoms with Crippen molar-refractivity contribution in [2.75, 3.05) is 44.7 Å². The summed E-state index contributed by atoms with van der Waals surface area (Å²) in [6.07, 6.45) is 0.897. The van der Waals surface area contributed by atoms with Crippen molar-refractivity contribution >= 4 is 11.6 Å². The first-order valence-corrected chi connectivity index (χ1v) is 10.2. The molecule has 1 aliphatic rings. The lowest BCUT2D eigenvalue weighted by Crippen LogP contribution is -3.16. The minimum atomic E-state index is 0.0885. The summed E-state index contributed by atoms with van der Waals surface area (Å²) in [5.41, 5.74) is 3.61. The monoisotopic (exact) mass is 382 g/mol. The van der Waals surface area contributed by atoms with E-state index in [1.165, 1.54) is 21.7 Å². The lowest BCUT2D eigenvalue weighted by atomic mass is 10.0. The molecule has 1 fully saturated rings. The number of amides is 1. The number of hydrogen-bond donors (Lipinski definition) is 2. The number of carbonyl (C=O) groups is 1. The van der Waals surface area contributed by atoms with Crippen LogP contribution < -0.4 is 19.9 Å². The molecule has 28 heavy (non-hydrogen) atoms. The highest BCUT2D eigenvalue weighted by molar-refractivity contribution is 5.77. The van der Waals surface area contributed by atoms with Crippen LogP contribution in [-0.2, 0) is 4.79 Å². The van der Waals surface area contributed by atoms with E-state index < -0.39 is 0 Å². The Morgan fingerprint density at radius 1 is 1.18 bits per heavy atom. The van der Waals surface area contributed by atoms with Gasteiger partial charge >= 0.3 is 0 Å². The van der Waals surface area contributed by atoms with E-state index in [1.54, 1.807) is 7.11 Å². The lowest BCUT2D eigenvalue weighted by molar-refractivity contribution is -0.892. The summed E-state index contributed by atoms with van der Waals surface area (Å²) in [7, 11) is 1.69. The number of rotatable bonds is 7. The maximum absolute atomic E-state index is 12.6. The fourth-order valence-electron chi connectivity index (χ4n) is 3.76. The molecule has 0 radical (unpaired) electrons. The zero-order valence-corrected chi connectivity index (χ0v) is 17.2. The molecule has 1 aliphatic heterocycles. The lowest BCUT2D eigenvalue weighted by Gasteiger charge is -2.33. The third-order valence-corrected chi connectivity index (χ3v) is 5.52. The normalized spacial score (nSPS) is 15.9. The molecule has 3 rings (SSSR count). The second kappa shape index (κ2) is 9.60. The van der Waals surface area contributed by atoms with Crippen LogP contribution in [0.2, 0.25) is 0 Å². The van der Waals surface area contributed by atoms with Gasteiger partial charge in [0.1, 0.15) is 5.75 Å². The zero-order valence-electron chi connectivity index (χ0n) is 17.2. The largest absolute Gasteiger partial charge is 0.497 e. The first-order chi connectivity index (χ1) is 13.6. The van der Waals surface area contributed by atoms with Gasteiger partial charge in [0.25, 0.3) is 5.91 Å². The Labute approximate surface area is 168 Å². The van der Waals surface area contributed by atoms with Crippen molar-refractivity contribution in [2.45, 2.75) is 26.3 Å². The van der Waals surface area contributed by atoms with Crippen LogP contribution in [0, 0.1) is 6.92 Å². The van der Waals surface area contributed by atoms with Gasteiger partial charge in [0.15, 0.2) is 6.54 Å². The summed E-state index contributed by atoms with van der Waals surface area (Å²) in [6.45, 7) is 8.56. The minimum absolute atomic E-state index is 0.0885. The molecular formula is C23H32N3O2+. The Hall–Kier alpha value is -2.53. The Morgan fingerprint density at radius 3 is 2.54 bits per heavy atom. The van der Waals surface area contributed by atoms with E-state index in [-0.39, 0.29) is 11.9 Å². The molecule has 1 atom stereocenters. The maximum atomic E-state index is 12.6. The molecule has 2 aromatic carbocycles. The van der Waals surface area contributed by atoms with Gasteiger partial charge in [-0.2, -0.15) is 0 Å². The van der Waals surface area contributed by atoms with Gasteiger partial charge in [-0.3, -0.25) is 4.79 Å². The topological polar surface area (TPSA) is 46.0 Å². The molecule has 0 aliphatic carbocycles. The molecule has 0 aromatic heterocycles. The molecular weight excluding hydrogens is 350 g/mol. The third-order valence-electron chi connectivity index (χ3n) is 5.52. The summed E-state index contributed by atoms with van der Waals surface area (Å²) in [4.78, 5) is 16.3. The number of aryl methyl sites for hydroxylation is 1. The smallest absolute Gasteiger partial charge is 0.275 e. The minimum Gasteiger partial charge on any atom is -0.497 e. The molecule has 0 bridgehead atoms. The zero-order chi connectivity index (χ0) is 19.9. The molecule has 2 aromatic rings. The number of piperazine rings is 1. The van der Waals surface area contributed by atoms with Gasteiger partial charge in [0.2, 0.25) is 0 Å². The molecule has 1 saturated heterocycles. The van der Waals surface area contributed by atoms with Crippen LogP contribution in [0.1, 0.15) is 30.5 Å². The van der Waals surface area contributed by atoms with Crippen molar-refractivity contribution in [3.63, 3.8) is 0 Å². The number of nitrogens with zero attached hydrogens (tertiary/aromatic N) is 1. The molecule has 2 N–H and O–H groups in total. The number of methoxy groups -OCH3 is 1. The second-order valence-corrected chi connectivity index (χ2v) is 7.55. The molecule has 0 unspecified atom stereocenters. The Bertz CT molecular complexity index is 768. The third kappa shape index (κ3) is 5.26. The van der Waals surface area contributed by atoms with Crippen molar-refractivity contribution in [3.8, 4) is 5.75 Å². The van der Waals surface area contributed by atoms with Crippen LogP contribution in [-0.4, -0.2) is 45.7 Å². The van der Waals surface area contributed by atoms with Crippen LogP contribution in [0.4, 0.5) is 5.69 Å². The number of nitrogens with one attached hydrogen (secondary N) is 2. The highest BCUT2D eigenvalue weighted by atomic mass is 16.5. The van der Waals surface area contributed by atoms with E-state index in [4.69, 9.17) is 4.74 Å². The Kier molecular flexibility index (Phi) is 6.93. The average Bonchev–Trinajstić information content (AvgIpc) is 2.73. The van der Waals surface area contributed by atoms with E-state index >= 15 is 0 Å². The molecule has 5 heteroatoms. The standard InChI is InChI=1S/C23H31N3O2/c1-4-22(19-10-8-18(2)9-11-19)24-23(27)17-25-12-14-26(15-13-25)20-6-5-7-21(16-20)28-3/h5-11,16,22H,4,12-15,17H2,1-3H3,(H,24,27)/p+1/t22-/m0/s1. The second-order valence-electron chi connectivity index (χ2n) is 7.55. The van der Waals surface area contributed by atoms with E-state index in [9.17, 15) is 4.79 Å². The van der Waals surface area contributed by atoms with Crippen molar-refractivity contribution in [1.29, 1.82) is 0 Å². The van der Waals surface area contributed by atoms with Gasteiger partial charge in [0, 0.05) is 11.8 Å². The highest BCUT2D eigenvalue weighted by Crippen LogP contribution is 2.20. The van der Waals surface area contributed by atoms with Gasteiger partial charge in [0.05, 0.1) is 39.3 Å². The fourth-order valence-corrected chi connectivity index (χ4v) is 3.76. The first-order valence-electron chi connectivity index (χ1n) is 10.2. The fraction of sp³-hybridized carbons (Fsp3) is 0.435. The predicted molar refractivity (Wildman–Crippen MR) is 113 cm³/mol. The Morgan fingerprint density at radius 2 is 1.89 bits per heavy atom. The molecule has 150 valence electrons. The van der Waals surface area contributed by atoms with Crippen LogP contribution in [0.25, 0.3) is 0 Å². The van der Waals surface area contributed by atoms with Gasteiger partial charge in [-0.15, -0.1) is 0 Å². The summed E-state index contributed by atoms with van der Waals surface area (Å²) in [5, 5.41) is 3.22. The summed E-state index contributed by atoms with van der Waals surface area (Å²) in [6, 6.07) is 16.7. The van der Waals surface area contributed by atoms with Crippen molar-refractivity contribution in [2.24, 2.45) is 0 Å². The van der Waals surface area contributed by atoms with Gasteiger partial charge < -0.3 is 19.9 Å². The van der Waals surface area contributed by atoms with Crippen LogP contribution >= 0.6 is 0 Å². The van der Waals surface area contributed by atoms with Crippen LogP contribution in [0.15, 0.2) is 48.5 Å². The molecule has 5 nitrogen and oxygen atoms in total. The van der Waals surface area contributed by atoms with E-state index in [1.807, 2.05) is 12.1 Å². The quantitative estimate of drug-likeness (QED) is 0.770. The number of anilines is 1. The average molecular weight is 383 g/mol. The number of hydrogen-bond acceptors (Lipinski definition) is 3. The summed E-state index contributed by atoms with van der Waals surface area (Å²) < 4.78 is 5.33. The van der Waals surface area contributed by atoms with Crippen molar-refractivity contribution in [3.05, 3.63) is 59.7 Å². The number of carbonyl (C=O) groups excluding carboxylic acids is 1. The van der Waals surface area contributed by atoms with Gasteiger partial charge in [-0.1, -0.05) is 42.8 Å². The SMILES string of the molecule is CC[C@H](NC(=O)C[NH+]1CCN(c2cccc(OC)c2)CC1)c1ccc(C)cc1. The van der Waals surface area contributed by atoms with Crippen molar-refractivity contribution < 1.29 is 14.4 Å². The van der Waals surface area contributed by atoms with E-state index in [0.717, 1.165) is 38.3 Å². The molecule has 1 amide bonds. The van der Waals surface area contributed by atoms with Gasteiger partial charge in [-0.05, 0) is 31.0 Å². The Balaban J connectivity index is 1.49.